The topological polar surface area (TPSA) is 71.5 Å². The number of ether oxygens (including phenoxy) is 1. The van der Waals surface area contributed by atoms with Gasteiger partial charge in [0.25, 0.3) is 5.91 Å². The number of rotatable bonds is 5. The second-order valence-corrected chi connectivity index (χ2v) is 6.53. The van der Waals surface area contributed by atoms with Crippen molar-refractivity contribution in [2.75, 3.05) is 13.2 Å². The molecule has 5 nitrogen and oxygen atoms in total. The Balaban J connectivity index is 1.95. The molecule has 1 saturated carbocycles. The van der Waals surface area contributed by atoms with Crippen molar-refractivity contribution >= 4 is 17.4 Å². The van der Waals surface area contributed by atoms with Gasteiger partial charge in [0.1, 0.15) is 0 Å². The summed E-state index contributed by atoms with van der Waals surface area (Å²) in [4.78, 5) is 12.0. The second kappa shape index (κ2) is 5.42. The van der Waals surface area contributed by atoms with Crippen LogP contribution in [0.4, 0.5) is 0 Å². The van der Waals surface area contributed by atoms with E-state index in [4.69, 9.17) is 4.74 Å². The Kier molecular flexibility index (Phi) is 4.18. The predicted octanol–water partition coefficient (Wildman–Crippen LogP) is 1.75. The van der Waals surface area contributed by atoms with Gasteiger partial charge >= 0.3 is 0 Å². The molecule has 20 heavy (non-hydrogen) atoms. The summed E-state index contributed by atoms with van der Waals surface area (Å²) in [6.45, 7) is 8.56. The minimum Gasteiger partial charge on any atom is -0.387 e. The van der Waals surface area contributed by atoms with Gasteiger partial charge in [0, 0.05) is 30.4 Å². The van der Waals surface area contributed by atoms with E-state index in [1.54, 1.807) is 12.3 Å². The Morgan fingerprint density at radius 1 is 1.65 bits per heavy atom. The summed E-state index contributed by atoms with van der Waals surface area (Å²) in [7, 11) is 0. The van der Waals surface area contributed by atoms with Crippen LogP contribution < -0.4 is 5.32 Å². The van der Waals surface area contributed by atoms with Crippen molar-refractivity contribution in [3.63, 3.8) is 0 Å². The maximum Gasteiger partial charge on any atom is 0.254 e. The fourth-order valence-corrected chi connectivity index (χ4v) is 3.29. The summed E-state index contributed by atoms with van der Waals surface area (Å²) in [5, 5.41) is 15.2. The lowest BCUT2D eigenvalue weighted by atomic mass is 9.56. The van der Waals surface area contributed by atoms with Crippen molar-refractivity contribution in [2.24, 2.45) is 5.41 Å². The van der Waals surface area contributed by atoms with E-state index in [2.05, 4.69) is 9.69 Å². The number of aryl methyl sites for hydroxylation is 1. The number of nitrogens with zero attached hydrogens (tertiary/aromatic N) is 1. The number of carbonyl (C=O) groups is 1. The van der Waals surface area contributed by atoms with Crippen LogP contribution in [0.2, 0.25) is 0 Å². The van der Waals surface area contributed by atoms with E-state index in [0.717, 1.165) is 5.69 Å². The fourth-order valence-electron chi connectivity index (χ4n) is 2.59. The molecule has 1 aliphatic carbocycles. The molecule has 0 radical (unpaired) electrons. The van der Waals surface area contributed by atoms with E-state index >= 15 is 0 Å². The molecule has 0 aliphatic heterocycles. The highest BCUT2D eigenvalue weighted by Crippen LogP contribution is 2.50. The molecular weight excluding hydrogens is 276 g/mol. The van der Waals surface area contributed by atoms with Crippen molar-refractivity contribution in [1.82, 2.24) is 9.69 Å². The smallest absolute Gasteiger partial charge is 0.254 e. The molecule has 0 unspecified atom stereocenters. The Morgan fingerprint density at radius 2 is 2.35 bits per heavy atom. The van der Waals surface area contributed by atoms with E-state index in [1.807, 2.05) is 20.8 Å². The van der Waals surface area contributed by atoms with Crippen LogP contribution in [0, 0.1) is 12.3 Å². The quantitative estimate of drug-likeness (QED) is 0.868. The van der Waals surface area contributed by atoms with E-state index in [0.29, 0.717) is 18.6 Å². The number of hydrogen-bond acceptors (Lipinski definition) is 5. The Hall–Kier alpha value is -0.980. The van der Waals surface area contributed by atoms with Crippen LogP contribution in [-0.2, 0) is 4.74 Å². The van der Waals surface area contributed by atoms with Crippen LogP contribution in [0.1, 0.15) is 43.2 Å². The molecule has 1 aliphatic rings. The van der Waals surface area contributed by atoms with Gasteiger partial charge in [-0.2, -0.15) is 4.37 Å². The summed E-state index contributed by atoms with van der Waals surface area (Å²) >= 11 is 1.26. The highest BCUT2D eigenvalue weighted by molar-refractivity contribution is 7.03. The van der Waals surface area contributed by atoms with Crippen molar-refractivity contribution in [1.29, 1.82) is 0 Å². The first kappa shape index (κ1) is 15.4. The van der Waals surface area contributed by atoms with Crippen LogP contribution in [0.3, 0.4) is 0 Å². The molecule has 1 aromatic heterocycles. The van der Waals surface area contributed by atoms with Crippen LogP contribution in [0.25, 0.3) is 0 Å². The maximum absolute atomic E-state index is 12.0. The van der Waals surface area contributed by atoms with E-state index < -0.39 is 5.60 Å². The minimum absolute atomic E-state index is 0.0407. The van der Waals surface area contributed by atoms with Crippen molar-refractivity contribution < 1.29 is 14.6 Å². The first-order valence-corrected chi connectivity index (χ1v) is 7.68. The van der Waals surface area contributed by atoms with E-state index in [-0.39, 0.29) is 24.0 Å². The molecule has 1 fully saturated rings. The fraction of sp³-hybridized carbons (Fsp3) is 0.714. The molecular formula is C14H22N2O3S. The average molecular weight is 298 g/mol. The Bertz CT molecular complexity index is 500. The van der Waals surface area contributed by atoms with Crippen LogP contribution >= 0.6 is 11.5 Å². The van der Waals surface area contributed by atoms with Crippen LogP contribution in [0.5, 0.6) is 0 Å². The van der Waals surface area contributed by atoms with Gasteiger partial charge in [0.05, 0.1) is 23.0 Å². The van der Waals surface area contributed by atoms with Crippen molar-refractivity contribution in [2.45, 2.75) is 45.8 Å². The first-order chi connectivity index (χ1) is 9.32. The molecule has 0 saturated heterocycles. The number of aliphatic hydroxyl groups is 1. The van der Waals surface area contributed by atoms with Crippen molar-refractivity contribution in [3.05, 3.63) is 16.6 Å². The lowest BCUT2D eigenvalue weighted by Gasteiger charge is -2.57. The molecule has 1 heterocycles. The zero-order valence-electron chi connectivity index (χ0n) is 12.4. The minimum atomic E-state index is -0.917. The van der Waals surface area contributed by atoms with Gasteiger partial charge in [-0.15, -0.1) is 0 Å². The number of nitrogens with one attached hydrogen (secondary N) is 1. The highest BCUT2D eigenvalue weighted by atomic mass is 32.1. The molecule has 6 heteroatoms. The molecule has 0 aromatic carbocycles. The molecule has 0 bridgehead atoms. The highest BCUT2D eigenvalue weighted by Gasteiger charge is 2.59. The van der Waals surface area contributed by atoms with Gasteiger partial charge in [-0.05, 0) is 25.4 Å². The third kappa shape index (κ3) is 2.47. The molecule has 0 spiro atoms. The summed E-state index contributed by atoms with van der Waals surface area (Å²) < 4.78 is 9.69. The monoisotopic (exact) mass is 298 g/mol. The summed E-state index contributed by atoms with van der Waals surface area (Å²) in [5.74, 6) is -0.180. The van der Waals surface area contributed by atoms with Gasteiger partial charge in [0.15, 0.2) is 0 Å². The largest absolute Gasteiger partial charge is 0.387 e. The third-order valence-corrected chi connectivity index (χ3v) is 5.15. The van der Waals surface area contributed by atoms with Crippen molar-refractivity contribution in [3.8, 4) is 0 Å². The van der Waals surface area contributed by atoms with Gasteiger partial charge in [-0.25, -0.2) is 0 Å². The third-order valence-electron chi connectivity index (χ3n) is 4.43. The van der Waals surface area contributed by atoms with Gasteiger partial charge in [-0.3, -0.25) is 4.79 Å². The first-order valence-electron chi connectivity index (χ1n) is 6.85. The maximum atomic E-state index is 12.0. The Morgan fingerprint density at radius 3 is 2.85 bits per heavy atom. The molecule has 1 amide bonds. The molecule has 2 N–H and O–H groups in total. The lowest BCUT2D eigenvalue weighted by molar-refractivity contribution is -0.237. The summed E-state index contributed by atoms with van der Waals surface area (Å²) in [6, 6.07) is 0. The van der Waals surface area contributed by atoms with Crippen LogP contribution in [0.15, 0.2) is 5.38 Å². The number of aromatic nitrogens is 1. The van der Waals surface area contributed by atoms with E-state index in [9.17, 15) is 9.90 Å². The zero-order chi connectivity index (χ0) is 15.0. The standard InChI is InChI=1S/C14H22N2O3S/c1-5-19-11-6-14(18,13(11,3)4)8-15-12(17)10-7-20-16-9(10)2/h7,11,18H,5-6,8H2,1-4H3,(H,15,17)/t11-,14-/m1/s1. The van der Waals surface area contributed by atoms with Gasteiger partial charge in [0.2, 0.25) is 0 Å². The number of amides is 1. The SMILES string of the molecule is CCO[C@@H]1C[C@@](O)(CNC(=O)c2csnc2C)C1(C)C. The zero-order valence-corrected chi connectivity index (χ0v) is 13.2. The number of hydrogen-bond donors (Lipinski definition) is 2. The summed E-state index contributed by atoms with van der Waals surface area (Å²) in [6.07, 6.45) is 0.591. The molecule has 2 atom stereocenters. The van der Waals surface area contributed by atoms with Crippen LogP contribution in [-0.4, -0.2) is 40.2 Å². The lowest BCUT2D eigenvalue weighted by Crippen LogP contribution is -2.68. The predicted molar refractivity (Wildman–Crippen MR) is 77.9 cm³/mol. The van der Waals surface area contributed by atoms with E-state index in [1.165, 1.54) is 11.5 Å². The molecule has 2 rings (SSSR count). The number of carbonyl (C=O) groups excluding carboxylic acids is 1. The Labute approximate surface area is 123 Å². The second-order valence-electron chi connectivity index (χ2n) is 5.90. The summed E-state index contributed by atoms with van der Waals surface area (Å²) in [5.41, 5.74) is 0.0228. The molecule has 112 valence electrons. The molecule has 1 aromatic rings. The normalized spacial score (nSPS) is 27.9. The average Bonchev–Trinajstić information content (AvgIpc) is 2.82. The van der Waals surface area contributed by atoms with Gasteiger partial charge in [-0.1, -0.05) is 13.8 Å². The van der Waals surface area contributed by atoms with Gasteiger partial charge < -0.3 is 15.2 Å².